The van der Waals surface area contributed by atoms with Gasteiger partial charge in [0.15, 0.2) is 0 Å². The van der Waals surface area contributed by atoms with E-state index < -0.39 is 32.3 Å². The molecular formula is C78H77B3N2O6. The average Bonchev–Trinajstić information content (AvgIpc) is 1.64. The number of hydrogen-bond acceptors (Lipinski definition) is 6. The first kappa shape index (κ1) is 59.7. The lowest BCUT2D eigenvalue weighted by atomic mass is 9.49. The third-order valence-electron chi connectivity index (χ3n) is 19.3. The van der Waals surface area contributed by atoms with Crippen LogP contribution in [0, 0.1) is 0 Å². The van der Waals surface area contributed by atoms with E-state index >= 15 is 0 Å². The monoisotopic (exact) mass is 1170 g/mol. The summed E-state index contributed by atoms with van der Waals surface area (Å²) in [6, 6.07) is 88.9. The lowest BCUT2D eigenvalue weighted by molar-refractivity contribution is 0.00578. The van der Waals surface area contributed by atoms with Gasteiger partial charge in [0.2, 0.25) is 0 Å². The average molecular weight is 1170 g/mol. The molecule has 0 spiro atoms. The highest BCUT2D eigenvalue weighted by Gasteiger charge is 2.64. The van der Waals surface area contributed by atoms with Crippen molar-refractivity contribution in [3.05, 3.63) is 249 Å². The molecule has 3 aliphatic heterocycles. The molecule has 8 nitrogen and oxygen atoms in total. The summed E-state index contributed by atoms with van der Waals surface area (Å²) in [6.07, 6.45) is 0. The summed E-state index contributed by atoms with van der Waals surface area (Å²) in [6.45, 7) is 24.6. The Kier molecular flexibility index (Phi) is 15.4. The Bertz CT molecular complexity index is 4290. The van der Waals surface area contributed by atoms with Crippen molar-refractivity contribution in [1.82, 2.24) is 9.13 Å². The van der Waals surface area contributed by atoms with Gasteiger partial charge in [-0.3, -0.25) is 0 Å². The third-order valence-corrected chi connectivity index (χ3v) is 19.3. The lowest BCUT2D eigenvalue weighted by Gasteiger charge is -2.32. The summed E-state index contributed by atoms with van der Waals surface area (Å²) in [7, 11) is -1.37. The summed E-state index contributed by atoms with van der Waals surface area (Å²) in [5.41, 5.74) is 15.5. The van der Waals surface area contributed by atoms with Crippen LogP contribution < -0.4 is 5.46 Å². The largest absolute Gasteiger partial charge is 0.494 e. The number of para-hydroxylation sites is 3. The van der Waals surface area contributed by atoms with Crippen LogP contribution in [0.5, 0.6) is 0 Å². The Hall–Kier alpha value is -8.25. The van der Waals surface area contributed by atoms with E-state index in [0.29, 0.717) is 0 Å². The fraction of sp³-hybridized carbons (Fsp3) is 0.231. The van der Waals surface area contributed by atoms with E-state index in [1.807, 2.05) is 55.4 Å². The molecule has 2 aromatic heterocycles. The highest BCUT2D eigenvalue weighted by Crippen LogP contribution is 2.44. The minimum Gasteiger partial charge on any atom is -0.405 e. The molecule has 3 fully saturated rings. The summed E-state index contributed by atoms with van der Waals surface area (Å²) >= 11 is 0. The van der Waals surface area contributed by atoms with Crippen molar-refractivity contribution >= 4 is 70.2 Å². The van der Waals surface area contributed by atoms with E-state index in [0.717, 1.165) is 16.7 Å². The molecule has 0 unspecified atom stereocenters. The molecular weight excluding hydrogens is 1090 g/mol. The molecule has 10 aromatic carbocycles. The standard InChI is InChI=1S/C36H32BNO2.C30H21N.C12H24B2O4/c1-35(2)36(3,4)40-37(39-35)29-19-20-32-31-17-11-12-18-33(31)38(34(32)24-29)30-22-27(25-13-7-5-8-14-25)21-28(23-30)26-15-9-6-10-16-26;1-3-11-22(12-4-1)24-19-25(23-13-5-2-6-14-23)21-26(20-24)31-29-17-9-7-15-27(29)28-16-8-10-18-30(28)31;1-9(2)10(3,4)16-13(15-9)14-17-11(5,6)12(7,8)18-14/h5-24H,1-4H3;1-21H;1-8H3. The topological polar surface area (TPSA) is 65.2 Å². The van der Waals surface area contributed by atoms with Crippen LogP contribution in [0.15, 0.2) is 249 Å². The molecule has 0 bridgehead atoms. The quantitative estimate of drug-likeness (QED) is 0.141. The van der Waals surface area contributed by atoms with Gasteiger partial charge in [-0.15, -0.1) is 0 Å². The zero-order valence-corrected chi connectivity index (χ0v) is 53.2. The van der Waals surface area contributed by atoms with E-state index in [9.17, 15) is 0 Å². The molecule has 15 rings (SSSR count). The second-order valence-corrected chi connectivity index (χ2v) is 26.8. The van der Waals surface area contributed by atoms with Crippen molar-refractivity contribution in [3.63, 3.8) is 0 Å². The third kappa shape index (κ3) is 11.3. The maximum atomic E-state index is 6.44. The van der Waals surface area contributed by atoms with Gasteiger partial charge in [-0.1, -0.05) is 188 Å². The summed E-state index contributed by atoms with van der Waals surface area (Å²) < 4.78 is 41.5. The molecule has 5 heterocycles. The molecule has 89 heavy (non-hydrogen) atoms. The molecule has 0 radical (unpaired) electrons. The number of rotatable bonds is 8. The molecule has 11 heteroatoms. The Morgan fingerprint density at radius 1 is 0.236 bits per heavy atom. The number of fused-ring (bicyclic) bond motifs is 6. The minimum atomic E-state index is -0.476. The van der Waals surface area contributed by atoms with E-state index in [1.165, 1.54) is 88.3 Å². The van der Waals surface area contributed by atoms with Gasteiger partial charge in [-0.05, 0) is 194 Å². The molecule has 0 aliphatic carbocycles. The summed E-state index contributed by atoms with van der Waals surface area (Å²) in [5.74, 6) is 0. The van der Waals surface area contributed by atoms with E-state index in [-0.39, 0.29) is 22.4 Å². The number of aromatic nitrogens is 2. The fourth-order valence-electron chi connectivity index (χ4n) is 12.3. The van der Waals surface area contributed by atoms with Crippen LogP contribution in [-0.2, 0) is 27.9 Å². The molecule has 444 valence electrons. The van der Waals surface area contributed by atoms with Crippen LogP contribution in [-0.4, -0.2) is 63.9 Å². The highest BCUT2D eigenvalue weighted by atomic mass is 16.7. The van der Waals surface area contributed by atoms with Gasteiger partial charge >= 0.3 is 21.1 Å². The minimum absolute atomic E-state index is 0.360. The van der Waals surface area contributed by atoms with Crippen LogP contribution in [0.1, 0.15) is 83.1 Å². The molecule has 3 saturated heterocycles. The first-order valence-electron chi connectivity index (χ1n) is 31.2. The lowest BCUT2D eigenvalue weighted by Crippen LogP contribution is -2.41. The normalized spacial score (nSPS) is 17.6. The van der Waals surface area contributed by atoms with Gasteiger partial charge in [-0.25, -0.2) is 0 Å². The van der Waals surface area contributed by atoms with Crippen LogP contribution in [0.3, 0.4) is 0 Å². The van der Waals surface area contributed by atoms with Crippen molar-refractivity contribution < 1.29 is 27.9 Å². The van der Waals surface area contributed by atoms with Crippen molar-refractivity contribution in [2.75, 3.05) is 0 Å². The Morgan fingerprint density at radius 3 is 0.809 bits per heavy atom. The van der Waals surface area contributed by atoms with Gasteiger partial charge in [0, 0.05) is 32.9 Å². The number of benzene rings is 10. The predicted molar refractivity (Wildman–Crippen MR) is 371 cm³/mol. The van der Waals surface area contributed by atoms with E-state index in [1.54, 1.807) is 0 Å². The highest BCUT2D eigenvalue weighted by molar-refractivity contribution is 7.11. The fourth-order valence-corrected chi connectivity index (χ4v) is 12.3. The predicted octanol–water partition coefficient (Wildman–Crippen LogP) is 18.8. The second kappa shape index (κ2) is 23.0. The van der Waals surface area contributed by atoms with E-state index in [4.69, 9.17) is 27.9 Å². The number of nitrogens with zero attached hydrogens (tertiary/aromatic N) is 2. The van der Waals surface area contributed by atoms with Gasteiger partial charge in [0.1, 0.15) is 0 Å². The van der Waals surface area contributed by atoms with Crippen molar-refractivity contribution in [2.24, 2.45) is 0 Å². The van der Waals surface area contributed by atoms with Gasteiger partial charge in [0.05, 0.1) is 55.7 Å². The molecule has 12 aromatic rings. The van der Waals surface area contributed by atoms with Crippen molar-refractivity contribution in [3.8, 4) is 55.9 Å². The Balaban J connectivity index is 0.000000132. The van der Waals surface area contributed by atoms with Gasteiger partial charge in [-0.2, -0.15) is 0 Å². The van der Waals surface area contributed by atoms with Crippen LogP contribution in [0.2, 0.25) is 0 Å². The van der Waals surface area contributed by atoms with Crippen molar-refractivity contribution in [2.45, 2.75) is 117 Å². The Morgan fingerprint density at radius 2 is 0.494 bits per heavy atom. The van der Waals surface area contributed by atoms with Crippen LogP contribution in [0.25, 0.3) is 99.5 Å². The second-order valence-electron chi connectivity index (χ2n) is 26.8. The van der Waals surface area contributed by atoms with Gasteiger partial charge < -0.3 is 37.1 Å². The Labute approximate surface area is 525 Å². The van der Waals surface area contributed by atoms with Crippen molar-refractivity contribution in [1.29, 1.82) is 0 Å². The smallest absolute Gasteiger partial charge is 0.405 e. The number of hydrogen-bond donors (Lipinski definition) is 0. The van der Waals surface area contributed by atoms with Crippen LogP contribution in [0.4, 0.5) is 0 Å². The summed E-state index contributed by atoms with van der Waals surface area (Å²) in [4.78, 5) is 0. The molecule has 0 N–H and O–H groups in total. The first-order chi connectivity index (χ1) is 42.6. The summed E-state index contributed by atoms with van der Waals surface area (Å²) in [5, 5.41) is 5.00. The maximum absolute atomic E-state index is 6.44. The maximum Gasteiger partial charge on any atom is 0.494 e. The van der Waals surface area contributed by atoms with Crippen LogP contribution >= 0.6 is 0 Å². The molecule has 0 amide bonds. The molecule has 0 atom stereocenters. The molecule has 3 aliphatic rings. The van der Waals surface area contributed by atoms with Gasteiger partial charge in [0.25, 0.3) is 0 Å². The van der Waals surface area contributed by atoms with E-state index in [2.05, 4.69) is 286 Å². The SMILES string of the molecule is CC1(C)OB(B2OC(C)(C)C(C)(C)O2)OC1(C)C.CC1(C)OB(c2ccc3c4ccccc4n(-c4cc(-c5ccccc5)cc(-c5ccccc5)c4)c3c2)OC1(C)C.c1ccc(-c2cc(-c3ccccc3)cc(-n3c4ccccc4c4ccccc43)c2)cc1. The molecule has 0 saturated carbocycles. The zero-order valence-electron chi connectivity index (χ0n) is 53.2. The first-order valence-corrected chi connectivity index (χ1v) is 31.2. The zero-order chi connectivity index (χ0) is 62.1.